The fraction of sp³-hybridized carbons (Fsp3) is 0.227. The highest BCUT2D eigenvalue weighted by Gasteiger charge is 2.13. The van der Waals surface area contributed by atoms with Crippen molar-refractivity contribution in [2.24, 2.45) is 5.10 Å². The van der Waals surface area contributed by atoms with Crippen molar-refractivity contribution in [1.82, 2.24) is 15.6 Å². The zero-order valence-corrected chi connectivity index (χ0v) is 18.0. The molecule has 0 bridgehead atoms. The van der Waals surface area contributed by atoms with E-state index in [4.69, 9.17) is 18.9 Å². The van der Waals surface area contributed by atoms with Crippen LogP contribution in [0.1, 0.15) is 23.0 Å². The number of H-pyrrole nitrogens is 1. The first-order chi connectivity index (χ1) is 15.0. The fourth-order valence-corrected chi connectivity index (χ4v) is 2.90. The van der Waals surface area contributed by atoms with Gasteiger partial charge in [0.15, 0.2) is 23.0 Å². The van der Waals surface area contributed by atoms with Gasteiger partial charge in [0.2, 0.25) is 0 Å². The lowest BCUT2D eigenvalue weighted by atomic mass is 10.1. The predicted octanol–water partition coefficient (Wildman–Crippen LogP) is 3.27. The quantitative estimate of drug-likeness (QED) is 0.425. The molecule has 0 aliphatic carbocycles. The molecule has 3 aromatic rings. The van der Waals surface area contributed by atoms with Crippen LogP contribution in [0, 0.1) is 0 Å². The smallest absolute Gasteiger partial charge is 0.289 e. The zero-order chi connectivity index (χ0) is 22.4. The molecule has 0 unspecified atom stereocenters. The Bertz CT molecular complexity index is 1110. The van der Waals surface area contributed by atoms with Crippen molar-refractivity contribution < 1.29 is 23.7 Å². The SMILES string of the molecule is COc1ccc(/C(C)=N\NC(=O)c2cc(-c3ccc(OC)c(OC)c3)n[nH]2)cc1OC. The first kappa shape index (κ1) is 21.7. The largest absolute Gasteiger partial charge is 0.493 e. The van der Waals surface area contributed by atoms with Crippen molar-refractivity contribution in [3.05, 3.63) is 53.7 Å². The number of hydrogen-bond acceptors (Lipinski definition) is 7. The number of nitrogens with one attached hydrogen (secondary N) is 2. The maximum absolute atomic E-state index is 12.5. The molecule has 0 fully saturated rings. The lowest BCUT2D eigenvalue weighted by Crippen LogP contribution is -2.19. The summed E-state index contributed by atoms with van der Waals surface area (Å²) in [7, 11) is 6.26. The summed E-state index contributed by atoms with van der Waals surface area (Å²) in [6, 6.07) is 12.4. The van der Waals surface area contributed by atoms with E-state index in [9.17, 15) is 4.79 Å². The molecule has 1 aromatic heterocycles. The Morgan fingerprint density at radius 2 is 1.48 bits per heavy atom. The number of aromatic nitrogens is 2. The van der Waals surface area contributed by atoms with E-state index in [-0.39, 0.29) is 5.69 Å². The summed E-state index contributed by atoms with van der Waals surface area (Å²) in [4.78, 5) is 12.5. The summed E-state index contributed by atoms with van der Waals surface area (Å²) < 4.78 is 21.1. The van der Waals surface area contributed by atoms with Crippen molar-refractivity contribution in [3.63, 3.8) is 0 Å². The zero-order valence-electron chi connectivity index (χ0n) is 18.0. The summed E-state index contributed by atoms with van der Waals surface area (Å²) in [6.07, 6.45) is 0. The molecule has 1 heterocycles. The Hall–Kier alpha value is -4.01. The van der Waals surface area contributed by atoms with Crippen LogP contribution in [0.15, 0.2) is 47.6 Å². The molecule has 2 aromatic carbocycles. The molecule has 1 amide bonds. The van der Waals surface area contributed by atoms with Gasteiger partial charge in [0.25, 0.3) is 5.91 Å². The van der Waals surface area contributed by atoms with Crippen LogP contribution in [0.5, 0.6) is 23.0 Å². The number of nitrogens with zero attached hydrogens (tertiary/aromatic N) is 2. The van der Waals surface area contributed by atoms with Gasteiger partial charge in [-0.2, -0.15) is 10.2 Å². The van der Waals surface area contributed by atoms with E-state index in [1.54, 1.807) is 65.7 Å². The van der Waals surface area contributed by atoms with Crippen LogP contribution >= 0.6 is 0 Å². The Labute approximate surface area is 180 Å². The van der Waals surface area contributed by atoms with Gasteiger partial charge in [-0.25, -0.2) is 5.43 Å². The van der Waals surface area contributed by atoms with Crippen molar-refractivity contribution in [2.45, 2.75) is 6.92 Å². The highest BCUT2D eigenvalue weighted by Crippen LogP contribution is 2.31. The van der Waals surface area contributed by atoms with Gasteiger partial charge >= 0.3 is 0 Å². The minimum atomic E-state index is -0.418. The van der Waals surface area contributed by atoms with Gasteiger partial charge in [-0.3, -0.25) is 9.89 Å². The second-order valence-electron chi connectivity index (χ2n) is 6.44. The van der Waals surface area contributed by atoms with Gasteiger partial charge in [-0.05, 0) is 49.4 Å². The number of rotatable bonds is 8. The molecular formula is C22H24N4O5. The lowest BCUT2D eigenvalue weighted by molar-refractivity contribution is 0.0950. The van der Waals surface area contributed by atoms with Crippen LogP contribution in [0.25, 0.3) is 11.3 Å². The number of carbonyl (C=O) groups excluding carboxylic acids is 1. The minimum Gasteiger partial charge on any atom is -0.493 e. The third-order valence-corrected chi connectivity index (χ3v) is 4.63. The van der Waals surface area contributed by atoms with E-state index < -0.39 is 5.91 Å². The molecule has 0 spiro atoms. The molecule has 162 valence electrons. The topological polar surface area (TPSA) is 107 Å². The number of carbonyl (C=O) groups is 1. The van der Waals surface area contributed by atoms with Gasteiger partial charge in [-0.1, -0.05) is 0 Å². The van der Waals surface area contributed by atoms with Crippen LogP contribution < -0.4 is 24.4 Å². The van der Waals surface area contributed by atoms with Gasteiger partial charge in [0.05, 0.1) is 39.8 Å². The standard InChI is InChI=1S/C22H24N4O5/c1-13(14-6-8-18(28-2)20(10-14)30-4)23-26-22(27)17-12-16(24-25-17)15-7-9-19(29-3)21(11-15)31-5/h6-12H,1-5H3,(H,24,25)(H,26,27)/b23-13-. The molecule has 3 rings (SSSR count). The first-order valence-electron chi connectivity index (χ1n) is 9.35. The summed E-state index contributed by atoms with van der Waals surface area (Å²) in [6.45, 7) is 1.78. The molecular weight excluding hydrogens is 400 g/mol. The van der Waals surface area contributed by atoms with Crippen LogP contribution in [-0.4, -0.2) is 50.3 Å². The summed E-state index contributed by atoms with van der Waals surface area (Å²) in [5.41, 5.74) is 5.56. The van der Waals surface area contributed by atoms with Crippen molar-refractivity contribution in [2.75, 3.05) is 28.4 Å². The van der Waals surface area contributed by atoms with Crippen LogP contribution in [0.2, 0.25) is 0 Å². The molecule has 0 aliphatic heterocycles. The second-order valence-corrected chi connectivity index (χ2v) is 6.44. The van der Waals surface area contributed by atoms with E-state index in [1.807, 2.05) is 12.1 Å². The van der Waals surface area contributed by atoms with Crippen LogP contribution in [0.4, 0.5) is 0 Å². The lowest BCUT2D eigenvalue weighted by Gasteiger charge is -2.09. The first-order valence-corrected chi connectivity index (χ1v) is 9.35. The van der Waals surface area contributed by atoms with Crippen molar-refractivity contribution >= 4 is 11.6 Å². The molecule has 0 saturated carbocycles. The molecule has 0 aliphatic rings. The highest BCUT2D eigenvalue weighted by molar-refractivity contribution is 6.01. The average Bonchev–Trinajstić information content (AvgIpc) is 3.31. The highest BCUT2D eigenvalue weighted by atomic mass is 16.5. The van der Waals surface area contributed by atoms with E-state index in [0.29, 0.717) is 34.4 Å². The molecule has 0 atom stereocenters. The fourth-order valence-electron chi connectivity index (χ4n) is 2.90. The third-order valence-electron chi connectivity index (χ3n) is 4.63. The number of methoxy groups -OCH3 is 4. The second kappa shape index (κ2) is 9.66. The maximum Gasteiger partial charge on any atom is 0.289 e. The number of hydrazone groups is 1. The number of hydrogen-bond donors (Lipinski definition) is 2. The van der Waals surface area contributed by atoms with Gasteiger partial charge in [0, 0.05) is 11.1 Å². The molecule has 2 N–H and O–H groups in total. The molecule has 9 heteroatoms. The van der Waals surface area contributed by atoms with Gasteiger partial charge in [0.1, 0.15) is 5.69 Å². The Balaban J connectivity index is 1.74. The van der Waals surface area contributed by atoms with Crippen molar-refractivity contribution in [3.8, 4) is 34.3 Å². The minimum absolute atomic E-state index is 0.272. The number of amides is 1. The Morgan fingerprint density at radius 1 is 0.871 bits per heavy atom. The normalized spacial score (nSPS) is 11.1. The van der Waals surface area contributed by atoms with E-state index in [0.717, 1.165) is 11.1 Å². The average molecular weight is 424 g/mol. The van der Waals surface area contributed by atoms with E-state index in [1.165, 1.54) is 0 Å². The number of aromatic amines is 1. The maximum atomic E-state index is 12.5. The number of ether oxygens (including phenoxy) is 4. The predicted molar refractivity (Wildman–Crippen MR) is 116 cm³/mol. The summed E-state index contributed by atoms with van der Waals surface area (Å²) in [5.74, 6) is 1.96. The van der Waals surface area contributed by atoms with Crippen LogP contribution in [-0.2, 0) is 0 Å². The van der Waals surface area contributed by atoms with E-state index >= 15 is 0 Å². The summed E-state index contributed by atoms with van der Waals surface area (Å²) >= 11 is 0. The monoisotopic (exact) mass is 424 g/mol. The molecule has 0 saturated heterocycles. The molecule has 0 radical (unpaired) electrons. The van der Waals surface area contributed by atoms with Crippen molar-refractivity contribution in [1.29, 1.82) is 0 Å². The third kappa shape index (κ3) is 4.77. The Morgan fingerprint density at radius 3 is 2.13 bits per heavy atom. The van der Waals surface area contributed by atoms with Gasteiger partial charge in [-0.15, -0.1) is 0 Å². The van der Waals surface area contributed by atoms with E-state index in [2.05, 4.69) is 20.7 Å². The van der Waals surface area contributed by atoms with Crippen LogP contribution in [0.3, 0.4) is 0 Å². The molecule has 9 nitrogen and oxygen atoms in total. The summed E-state index contributed by atoms with van der Waals surface area (Å²) in [5, 5.41) is 11.1. The molecule has 31 heavy (non-hydrogen) atoms. The Kier molecular flexibility index (Phi) is 6.76. The van der Waals surface area contributed by atoms with Gasteiger partial charge < -0.3 is 18.9 Å². The number of benzene rings is 2.